The van der Waals surface area contributed by atoms with Gasteiger partial charge in [0.25, 0.3) is 0 Å². The van der Waals surface area contributed by atoms with Gasteiger partial charge in [-0.05, 0) is 12.1 Å². The number of aromatic nitrogens is 1. The molecule has 1 aromatic heterocycles. The van der Waals surface area contributed by atoms with Gasteiger partial charge in [0.2, 0.25) is 5.91 Å². The number of carbonyl (C=O) groups excluding carboxylic acids is 1. The van der Waals surface area contributed by atoms with Crippen LogP contribution in [-0.4, -0.2) is 10.5 Å². The summed E-state index contributed by atoms with van der Waals surface area (Å²) in [5, 5.41) is 17.5. The minimum absolute atomic E-state index is 0.0956. The normalized spacial score (nSPS) is 10.3. The van der Waals surface area contributed by atoms with E-state index in [0.29, 0.717) is 10.5 Å². The highest BCUT2D eigenvalue weighted by molar-refractivity contribution is 6.30. The summed E-state index contributed by atoms with van der Waals surface area (Å²) in [5.74, 6) is -0.552. The second-order valence-corrected chi connectivity index (χ2v) is 3.63. The van der Waals surface area contributed by atoms with Crippen molar-refractivity contribution in [2.24, 2.45) is 10.7 Å². The molecule has 0 aliphatic heterocycles. The van der Waals surface area contributed by atoms with E-state index in [2.05, 4.69) is 4.99 Å². The molecular weight excluding hydrogens is 254 g/mol. The van der Waals surface area contributed by atoms with Crippen LogP contribution in [0.3, 0.4) is 0 Å². The fourth-order valence-electron chi connectivity index (χ4n) is 1.13. The van der Waals surface area contributed by atoms with Crippen LogP contribution < -0.4 is 11.2 Å². The Morgan fingerprint density at radius 2 is 2.17 bits per heavy atom. The van der Waals surface area contributed by atoms with E-state index in [1.54, 1.807) is 24.3 Å². The topological polar surface area (TPSA) is 108 Å². The Labute approximate surface area is 108 Å². The van der Waals surface area contributed by atoms with Crippen LogP contribution >= 0.6 is 11.6 Å². The zero-order chi connectivity index (χ0) is 13.5. The second kappa shape index (κ2) is 6.24. The van der Waals surface area contributed by atoms with Gasteiger partial charge < -0.3 is 10.3 Å². The van der Waals surface area contributed by atoms with Crippen LogP contribution in [0.2, 0.25) is 5.02 Å². The van der Waals surface area contributed by atoms with E-state index < -0.39 is 5.91 Å². The molecule has 0 aliphatic carbocycles. The molecule has 0 saturated heterocycles. The maximum absolute atomic E-state index is 10.9. The van der Waals surface area contributed by atoms with E-state index in [-0.39, 0.29) is 12.1 Å². The number of primary amides is 1. The van der Waals surface area contributed by atoms with Crippen molar-refractivity contribution in [2.45, 2.75) is 6.54 Å². The first kappa shape index (κ1) is 13.5. The molecule has 0 spiro atoms. The van der Waals surface area contributed by atoms with Gasteiger partial charge >= 0.3 is 0 Å². The van der Waals surface area contributed by atoms with Gasteiger partial charge in [0.15, 0.2) is 0 Å². The molecule has 0 unspecified atom stereocenters. The molecular formula is C11H8ClN5O. The molecule has 90 valence electrons. The minimum Gasteiger partial charge on any atom is -0.368 e. The Hall–Kier alpha value is -2.57. The maximum Gasteiger partial charge on any atom is 0.237 e. The number of amides is 1. The zero-order valence-corrected chi connectivity index (χ0v) is 9.92. The number of pyridine rings is 1. The average molecular weight is 262 g/mol. The number of nitrogens with two attached hydrogens (primary N) is 1. The number of hydrogen-bond donors (Lipinski definition) is 1. The standard InChI is InChI=1S/C11H8ClN5O/c12-9-1-2-11(16-5-8(3-13)4-14)17(6-9)7-10(15)18/h1-2,5-6H,7H2,(H2,15,18). The largest absolute Gasteiger partial charge is 0.368 e. The Balaban J connectivity index is 3.29. The van der Waals surface area contributed by atoms with Crippen molar-refractivity contribution in [2.75, 3.05) is 0 Å². The van der Waals surface area contributed by atoms with Crippen molar-refractivity contribution in [3.05, 3.63) is 40.6 Å². The minimum atomic E-state index is -0.552. The van der Waals surface area contributed by atoms with Gasteiger partial charge in [-0.25, -0.2) is 4.99 Å². The Bertz CT molecular complexity index is 629. The number of nitriles is 2. The molecule has 2 N–H and O–H groups in total. The smallest absolute Gasteiger partial charge is 0.237 e. The molecule has 0 saturated carbocycles. The summed E-state index contributed by atoms with van der Waals surface area (Å²) in [6.07, 6.45) is 2.60. The van der Waals surface area contributed by atoms with Crippen molar-refractivity contribution in [3.63, 3.8) is 0 Å². The number of halogens is 1. The van der Waals surface area contributed by atoms with Gasteiger partial charge in [0.05, 0.1) is 11.2 Å². The van der Waals surface area contributed by atoms with E-state index in [1.165, 1.54) is 10.8 Å². The van der Waals surface area contributed by atoms with Crippen molar-refractivity contribution in [3.8, 4) is 12.1 Å². The molecule has 7 heteroatoms. The van der Waals surface area contributed by atoms with Gasteiger partial charge in [0, 0.05) is 6.20 Å². The molecule has 0 aliphatic rings. The molecule has 6 nitrogen and oxygen atoms in total. The van der Waals surface area contributed by atoms with E-state index >= 15 is 0 Å². The number of nitrogens with zero attached hydrogens (tertiary/aromatic N) is 4. The first-order valence-corrected chi connectivity index (χ1v) is 5.13. The lowest BCUT2D eigenvalue weighted by Crippen LogP contribution is -2.27. The van der Waals surface area contributed by atoms with E-state index in [9.17, 15) is 4.79 Å². The third-order valence-corrected chi connectivity index (χ3v) is 2.08. The number of allylic oxidation sites excluding steroid dienone is 1. The van der Waals surface area contributed by atoms with Crippen LogP contribution in [0, 0.1) is 22.7 Å². The van der Waals surface area contributed by atoms with E-state index in [4.69, 9.17) is 27.9 Å². The first-order valence-electron chi connectivity index (χ1n) is 4.75. The van der Waals surface area contributed by atoms with Gasteiger partial charge in [-0.3, -0.25) is 4.79 Å². The highest BCUT2D eigenvalue weighted by Crippen LogP contribution is 2.03. The molecule has 18 heavy (non-hydrogen) atoms. The molecule has 0 bridgehead atoms. The Morgan fingerprint density at radius 1 is 1.50 bits per heavy atom. The van der Waals surface area contributed by atoms with E-state index in [1.807, 2.05) is 0 Å². The monoisotopic (exact) mass is 261 g/mol. The lowest BCUT2D eigenvalue weighted by molar-refractivity contribution is -0.118. The van der Waals surface area contributed by atoms with Crippen LogP contribution in [0.15, 0.2) is 35.1 Å². The molecule has 1 amide bonds. The zero-order valence-electron chi connectivity index (χ0n) is 9.17. The lowest BCUT2D eigenvalue weighted by atomic mass is 10.4. The number of hydrogen-bond acceptors (Lipinski definition) is 4. The number of carbonyl (C=O) groups is 1. The molecule has 0 aromatic carbocycles. The van der Waals surface area contributed by atoms with Crippen molar-refractivity contribution in [1.29, 1.82) is 10.5 Å². The van der Waals surface area contributed by atoms with Crippen LogP contribution in [0.1, 0.15) is 0 Å². The predicted octanol–water partition coefficient (Wildman–Crippen LogP) is 0.459. The molecule has 1 heterocycles. The summed E-state index contributed by atoms with van der Waals surface area (Å²) in [6.45, 7) is -0.0956. The maximum atomic E-state index is 10.9. The van der Waals surface area contributed by atoms with Crippen molar-refractivity contribution >= 4 is 17.5 Å². The van der Waals surface area contributed by atoms with Crippen LogP contribution in [0.4, 0.5) is 0 Å². The summed E-state index contributed by atoms with van der Waals surface area (Å²) in [6, 6.07) is 6.47. The van der Waals surface area contributed by atoms with Gasteiger partial charge in [0.1, 0.15) is 29.7 Å². The Kier molecular flexibility index (Phi) is 4.67. The molecule has 0 fully saturated rings. The Morgan fingerprint density at radius 3 is 2.72 bits per heavy atom. The van der Waals surface area contributed by atoms with Gasteiger partial charge in [-0.2, -0.15) is 10.5 Å². The third kappa shape index (κ3) is 3.78. The SMILES string of the molecule is N#CC(C#N)=CN=c1ccc(Cl)cn1CC(N)=O. The van der Waals surface area contributed by atoms with Gasteiger partial charge in [-0.15, -0.1) is 0 Å². The van der Waals surface area contributed by atoms with E-state index in [0.717, 1.165) is 6.20 Å². The summed E-state index contributed by atoms with van der Waals surface area (Å²) >= 11 is 5.78. The molecule has 0 radical (unpaired) electrons. The van der Waals surface area contributed by atoms with Crippen LogP contribution in [0.25, 0.3) is 0 Å². The number of rotatable bonds is 3. The van der Waals surface area contributed by atoms with Crippen molar-refractivity contribution < 1.29 is 4.79 Å². The predicted molar refractivity (Wildman–Crippen MR) is 63.5 cm³/mol. The molecule has 1 rings (SSSR count). The first-order chi connectivity index (χ1) is 8.56. The molecule has 1 aromatic rings. The van der Waals surface area contributed by atoms with Crippen LogP contribution in [-0.2, 0) is 11.3 Å². The summed E-state index contributed by atoms with van der Waals surface area (Å²) in [5.41, 5.74) is 5.31. The molecule has 0 atom stereocenters. The highest BCUT2D eigenvalue weighted by Gasteiger charge is 1.99. The van der Waals surface area contributed by atoms with Crippen molar-refractivity contribution in [1.82, 2.24) is 4.57 Å². The third-order valence-electron chi connectivity index (χ3n) is 1.86. The quantitative estimate of drug-likeness (QED) is 0.798. The fourth-order valence-corrected chi connectivity index (χ4v) is 1.31. The summed E-state index contributed by atoms with van der Waals surface area (Å²) in [4.78, 5) is 14.8. The fraction of sp³-hybridized carbons (Fsp3) is 0.0909. The lowest BCUT2D eigenvalue weighted by Gasteiger charge is -2.04. The summed E-state index contributed by atoms with van der Waals surface area (Å²) in [7, 11) is 0. The van der Waals surface area contributed by atoms with Gasteiger partial charge in [-0.1, -0.05) is 11.6 Å². The highest BCUT2D eigenvalue weighted by atomic mass is 35.5. The van der Waals surface area contributed by atoms with Crippen LogP contribution in [0.5, 0.6) is 0 Å². The average Bonchev–Trinajstić information content (AvgIpc) is 2.32. The summed E-state index contributed by atoms with van der Waals surface area (Å²) < 4.78 is 1.42. The second-order valence-electron chi connectivity index (χ2n) is 3.20.